The van der Waals surface area contributed by atoms with Crippen LogP contribution in [0.4, 0.5) is 5.69 Å². The number of benzene rings is 2. The summed E-state index contributed by atoms with van der Waals surface area (Å²) in [5, 5.41) is 19.7. The number of rotatable bonds is 4. The number of aliphatic hydroxyl groups is 1. The highest BCUT2D eigenvalue weighted by molar-refractivity contribution is 6.02. The largest absolute Gasteiger partial charge is 0.373 e. The zero-order valence-corrected chi connectivity index (χ0v) is 19.2. The highest BCUT2D eigenvalue weighted by atomic mass is 16.5. The Hall–Kier alpha value is -4.00. The van der Waals surface area contributed by atoms with Crippen LogP contribution in [0.2, 0.25) is 0 Å². The molecule has 3 N–H and O–H groups in total. The van der Waals surface area contributed by atoms with Crippen molar-refractivity contribution in [2.24, 2.45) is 0 Å². The van der Waals surface area contributed by atoms with E-state index in [1.807, 2.05) is 48.5 Å². The van der Waals surface area contributed by atoms with Gasteiger partial charge < -0.3 is 20.1 Å². The van der Waals surface area contributed by atoms with E-state index in [9.17, 15) is 14.7 Å². The van der Waals surface area contributed by atoms with Gasteiger partial charge in [-0.2, -0.15) is 0 Å². The predicted molar refractivity (Wildman–Crippen MR) is 128 cm³/mol. The summed E-state index contributed by atoms with van der Waals surface area (Å²) in [6.45, 7) is 0.395. The molecule has 0 saturated carbocycles. The molecule has 9 heteroatoms. The second-order valence-electron chi connectivity index (χ2n) is 8.85. The summed E-state index contributed by atoms with van der Waals surface area (Å²) in [7, 11) is 1.68. The normalized spacial score (nSPS) is 18.5. The number of aromatic amines is 1. The van der Waals surface area contributed by atoms with Crippen molar-refractivity contribution in [3.05, 3.63) is 76.9 Å². The Bertz CT molecular complexity index is 1320. The lowest BCUT2D eigenvalue weighted by Crippen LogP contribution is -2.48. The van der Waals surface area contributed by atoms with E-state index in [0.717, 1.165) is 16.8 Å². The Morgan fingerprint density at radius 3 is 2.83 bits per heavy atom. The lowest BCUT2D eigenvalue weighted by atomic mass is 10.0. The Morgan fingerprint density at radius 1 is 1.29 bits per heavy atom. The number of anilines is 1. The van der Waals surface area contributed by atoms with Crippen LogP contribution in [0.3, 0.4) is 0 Å². The van der Waals surface area contributed by atoms with Crippen molar-refractivity contribution in [3.63, 3.8) is 0 Å². The van der Waals surface area contributed by atoms with Crippen molar-refractivity contribution in [2.75, 3.05) is 25.2 Å². The molecule has 3 aromatic rings. The minimum atomic E-state index is -1.11. The molecule has 2 aromatic carbocycles. The molecule has 0 spiro atoms. The van der Waals surface area contributed by atoms with Crippen LogP contribution in [-0.4, -0.2) is 64.0 Å². The molecular weight excluding hydrogens is 446 g/mol. The molecule has 5 rings (SSSR count). The van der Waals surface area contributed by atoms with Crippen LogP contribution in [-0.2, 0) is 22.4 Å². The summed E-state index contributed by atoms with van der Waals surface area (Å²) in [5.41, 5.74) is 2.35. The van der Waals surface area contributed by atoms with Gasteiger partial charge in [0, 0.05) is 24.7 Å². The third-order valence-electron chi connectivity index (χ3n) is 6.15. The number of amides is 2. The van der Waals surface area contributed by atoms with Gasteiger partial charge in [0.1, 0.15) is 11.9 Å². The number of ether oxygens (including phenoxy) is 1. The number of nitrogens with one attached hydrogen (secondary N) is 2. The number of hydrogen-bond acceptors (Lipinski definition) is 6. The maximum absolute atomic E-state index is 13.2. The smallest absolute Gasteiger partial charge is 0.291 e. The van der Waals surface area contributed by atoms with Gasteiger partial charge in [-0.15, -0.1) is 5.10 Å². The molecule has 0 aliphatic carbocycles. The lowest BCUT2D eigenvalue weighted by molar-refractivity contribution is -0.140. The van der Waals surface area contributed by atoms with Crippen LogP contribution >= 0.6 is 0 Å². The first-order valence-corrected chi connectivity index (χ1v) is 11.4. The van der Waals surface area contributed by atoms with Gasteiger partial charge in [0.15, 0.2) is 5.60 Å². The van der Waals surface area contributed by atoms with E-state index in [1.165, 1.54) is 0 Å². The van der Waals surface area contributed by atoms with Crippen molar-refractivity contribution in [1.82, 2.24) is 20.5 Å². The second-order valence-corrected chi connectivity index (χ2v) is 8.85. The minimum absolute atomic E-state index is 0.00334. The SMILES string of the molecule is CN1C(=O)[C@H](NC(=O)c2n[nH]c(Cc3ccccc3)n2)CCc2ccc(C#CC3(O)COC3)cc21. The van der Waals surface area contributed by atoms with Crippen LogP contribution in [0, 0.1) is 11.8 Å². The predicted octanol–water partition coefficient (Wildman–Crippen LogP) is 1.22. The molecule has 0 bridgehead atoms. The van der Waals surface area contributed by atoms with Gasteiger partial charge in [-0.25, -0.2) is 4.98 Å². The van der Waals surface area contributed by atoms with Crippen molar-refractivity contribution >= 4 is 17.5 Å². The molecule has 2 aliphatic heterocycles. The molecule has 0 radical (unpaired) electrons. The number of H-pyrrole nitrogens is 1. The van der Waals surface area contributed by atoms with Gasteiger partial charge >= 0.3 is 0 Å². The molecule has 9 nitrogen and oxygen atoms in total. The summed E-state index contributed by atoms with van der Waals surface area (Å²) < 4.78 is 5.02. The number of likely N-dealkylation sites (N-methyl/N-ethyl adjacent to an activating group) is 1. The van der Waals surface area contributed by atoms with Gasteiger partial charge in [-0.1, -0.05) is 48.2 Å². The first kappa shape index (κ1) is 22.8. The number of carbonyl (C=O) groups is 2. The zero-order chi connectivity index (χ0) is 24.4. The summed E-state index contributed by atoms with van der Waals surface area (Å²) >= 11 is 0. The van der Waals surface area contributed by atoms with E-state index < -0.39 is 17.6 Å². The van der Waals surface area contributed by atoms with Crippen molar-refractivity contribution in [1.29, 1.82) is 0 Å². The van der Waals surface area contributed by atoms with Crippen LogP contribution in [0.5, 0.6) is 0 Å². The monoisotopic (exact) mass is 471 g/mol. The van der Waals surface area contributed by atoms with Crippen LogP contribution < -0.4 is 10.2 Å². The fourth-order valence-electron chi connectivity index (χ4n) is 4.12. The molecule has 0 unspecified atom stereocenters. The molecule has 3 heterocycles. The summed E-state index contributed by atoms with van der Waals surface area (Å²) in [4.78, 5) is 31.8. The summed E-state index contributed by atoms with van der Waals surface area (Å²) in [6.07, 6.45) is 1.58. The zero-order valence-electron chi connectivity index (χ0n) is 19.2. The maximum atomic E-state index is 13.2. The van der Waals surface area contributed by atoms with E-state index in [1.54, 1.807) is 11.9 Å². The van der Waals surface area contributed by atoms with E-state index in [0.29, 0.717) is 30.7 Å². The highest BCUT2D eigenvalue weighted by Crippen LogP contribution is 2.27. The minimum Gasteiger partial charge on any atom is -0.373 e. The number of nitrogens with zero attached hydrogens (tertiary/aromatic N) is 3. The van der Waals surface area contributed by atoms with Gasteiger partial charge in [-0.3, -0.25) is 14.7 Å². The first-order valence-electron chi connectivity index (χ1n) is 11.4. The molecule has 2 amide bonds. The molecule has 2 aliphatic rings. The second kappa shape index (κ2) is 9.33. The van der Waals surface area contributed by atoms with E-state index in [4.69, 9.17) is 4.74 Å². The molecule has 1 atom stereocenters. The highest BCUT2D eigenvalue weighted by Gasteiger charge is 2.34. The van der Waals surface area contributed by atoms with Gasteiger partial charge in [0.2, 0.25) is 11.7 Å². The van der Waals surface area contributed by atoms with Gasteiger partial charge in [0.25, 0.3) is 5.91 Å². The summed E-state index contributed by atoms with van der Waals surface area (Å²) in [5.74, 6) is 5.65. The molecule has 1 saturated heterocycles. The number of carbonyl (C=O) groups excluding carboxylic acids is 2. The number of aromatic nitrogens is 3. The van der Waals surface area contributed by atoms with E-state index >= 15 is 0 Å². The standard InChI is InChI=1S/C26H25N5O4/c1-31-21-13-18(11-12-26(34)15-35-16-26)7-8-19(21)9-10-20(25(31)33)27-24(32)23-28-22(29-30-23)14-17-5-3-2-4-6-17/h2-8,13,20,34H,9-10,14-16H2,1H3,(H,27,32)(H,28,29,30)/t20-/m1/s1. The third-order valence-corrected chi connectivity index (χ3v) is 6.15. The fraction of sp³-hybridized carbons (Fsp3) is 0.308. The van der Waals surface area contributed by atoms with Gasteiger partial charge in [0.05, 0.1) is 13.2 Å². The Balaban J connectivity index is 1.27. The topological polar surface area (TPSA) is 120 Å². The average molecular weight is 472 g/mol. The molecule has 1 fully saturated rings. The van der Waals surface area contributed by atoms with Crippen molar-refractivity contribution in [3.8, 4) is 11.8 Å². The van der Waals surface area contributed by atoms with Crippen LogP contribution in [0.25, 0.3) is 0 Å². The van der Waals surface area contributed by atoms with Crippen molar-refractivity contribution in [2.45, 2.75) is 30.9 Å². The van der Waals surface area contributed by atoms with Crippen molar-refractivity contribution < 1.29 is 19.4 Å². The quantitative estimate of drug-likeness (QED) is 0.492. The van der Waals surface area contributed by atoms with Crippen LogP contribution in [0.15, 0.2) is 48.5 Å². The molecule has 1 aromatic heterocycles. The number of fused-ring (bicyclic) bond motifs is 1. The fourth-order valence-corrected chi connectivity index (χ4v) is 4.12. The van der Waals surface area contributed by atoms with E-state index in [-0.39, 0.29) is 24.9 Å². The van der Waals surface area contributed by atoms with E-state index in [2.05, 4.69) is 32.3 Å². The first-order chi connectivity index (χ1) is 16.9. The Morgan fingerprint density at radius 2 is 2.09 bits per heavy atom. The third kappa shape index (κ3) is 4.94. The molecular formula is C26H25N5O4. The van der Waals surface area contributed by atoms with Crippen LogP contribution in [0.1, 0.15) is 39.6 Å². The molecule has 178 valence electrons. The molecule has 35 heavy (non-hydrogen) atoms. The maximum Gasteiger partial charge on any atom is 0.291 e. The Kier molecular flexibility index (Phi) is 6.07. The number of hydrogen-bond donors (Lipinski definition) is 3. The average Bonchev–Trinajstić information content (AvgIpc) is 3.28. The van der Waals surface area contributed by atoms with Gasteiger partial charge in [-0.05, 0) is 36.1 Å². The summed E-state index contributed by atoms with van der Waals surface area (Å²) in [6, 6.07) is 14.7. The Labute approximate surface area is 202 Å². The number of aryl methyl sites for hydroxylation is 1. The lowest BCUT2D eigenvalue weighted by Gasteiger charge is -2.30.